The van der Waals surface area contributed by atoms with Gasteiger partial charge >= 0.3 is 0 Å². The molecule has 2 aliphatic rings. The largest absolute Gasteiger partial charge is 0.357 e. The Morgan fingerprint density at radius 3 is 2.58 bits per heavy atom. The molecule has 31 heavy (non-hydrogen) atoms. The number of carbonyl (C=O) groups is 2. The molecule has 0 aromatic heterocycles. The predicted octanol–water partition coefficient (Wildman–Crippen LogP) is 1.83. The van der Waals surface area contributed by atoms with E-state index in [9.17, 15) is 14.0 Å². The van der Waals surface area contributed by atoms with E-state index < -0.39 is 0 Å². The summed E-state index contributed by atoms with van der Waals surface area (Å²) >= 11 is 0. The van der Waals surface area contributed by atoms with Crippen molar-refractivity contribution in [1.29, 1.82) is 0 Å². The Labute approximate surface area is 183 Å². The van der Waals surface area contributed by atoms with Crippen molar-refractivity contribution in [2.24, 2.45) is 10.9 Å². The fraction of sp³-hybridized carbons (Fsp3) is 0.609. The van der Waals surface area contributed by atoms with Gasteiger partial charge in [0, 0.05) is 38.1 Å². The van der Waals surface area contributed by atoms with Gasteiger partial charge in [-0.25, -0.2) is 4.39 Å². The number of rotatable bonds is 8. The molecule has 2 amide bonds. The summed E-state index contributed by atoms with van der Waals surface area (Å²) in [4.78, 5) is 31.2. The Morgan fingerprint density at radius 1 is 1.13 bits per heavy atom. The average Bonchev–Trinajstić information content (AvgIpc) is 3.45. The van der Waals surface area contributed by atoms with E-state index in [4.69, 9.17) is 0 Å². The monoisotopic (exact) mass is 431 g/mol. The summed E-state index contributed by atoms with van der Waals surface area (Å²) in [6.45, 7) is 5.13. The second-order valence-corrected chi connectivity index (χ2v) is 8.31. The summed E-state index contributed by atoms with van der Waals surface area (Å²) in [7, 11) is 0. The lowest BCUT2D eigenvalue weighted by Gasteiger charge is -2.21. The molecule has 1 unspecified atom stereocenters. The fourth-order valence-electron chi connectivity index (χ4n) is 4.24. The Kier molecular flexibility index (Phi) is 8.67. The van der Waals surface area contributed by atoms with Crippen LogP contribution < -0.4 is 16.0 Å². The Balaban J connectivity index is 1.39. The molecule has 1 aromatic rings. The smallest absolute Gasteiger partial charge is 0.225 e. The van der Waals surface area contributed by atoms with Crippen LogP contribution in [-0.4, -0.2) is 61.4 Å². The molecule has 0 radical (unpaired) electrons. The third-order valence-corrected chi connectivity index (χ3v) is 5.87. The zero-order valence-corrected chi connectivity index (χ0v) is 18.3. The molecule has 1 aliphatic carbocycles. The molecule has 0 spiro atoms. The lowest BCUT2D eigenvalue weighted by atomic mass is 10.1. The summed E-state index contributed by atoms with van der Waals surface area (Å²) in [5.74, 6) is 0.814. The number of aliphatic imine (C=N–C) groups is 1. The molecular weight excluding hydrogens is 397 g/mol. The highest BCUT2D eigenvalue weighted by Crippen LogP contribution is 2.27. The van der Waals surface area contributed by atoms with E-state index in [-0.39, 0.29) is 30.1 Å². The van der Waals surface area contributed by atoms with Gasteiger partial charge < -0.3 is 20.9 Å². The van der Waals surface area contributed by atoms with Gasteiger partial charge in [0.15, 0.2) is 5.96 Å². The van der Waals surface area contributed by atoms with Crippen LogP contribution in [0.3, 0.4) is 0 Å². The lowest BCUT2D eigenvalue weighted by molar-refractivity contribution is -0.134. The second kappa shape index (κ2) is 11.7. The van der Waals surface area contributed by atoms with Gasteiger partial charge in [-0.2, -0.15) is 0 Å². The molecule has 7 nitrogen and oxygen atoms in total. The van der Waals surface area contributed by atoms with Gasteiger partial charge in [0.1, 0.15) is 5.82 Å². The summed E-state index contributed by atoms with van der Waals surface area (Å²) in [5, 5.41) is 9.49. The number of carbonyl (C=O) groups excluding carboxylic acids is 2. The zero-order valence-electron chi connectivity index (χ0n) is 18.3. The standard InChI is InChI=1S/C23H34FN5O2/c1-2-25-23(27-13-12-26-21(30)15-17-7-9-19(24)10-8-17)28-20-11-14-29(16-20)22(31)18-5-3-4-6-18/h7-10,18,20H,2-6,11-16H2,1H3,(H,26,30)(H2,25,27,28). The van der Waals surface area contributed by atoms with Crippen LogP contribution in [-0.2, 0) is 16.0 Å². The number of likely N-dealkylation sites (tertiary alicyclic amines) is 1. The molecule has 2 fully saturated rings. The van der Waals surface area contributed by atoms with Crippen LogP contribution in [0.1, 0.15) is 44.6 Å². The van der Waals surface area contributed by atoms with Crippen molar-refractivity contribution in [2.45, 2.75) is 51.5 Å². The van der Waals surface area contributed by atoms with E-state index >= 15 is 0 Å². The van der Waals surface area contributed by atoms with Gasteiger partial charge in [0.25, 0.3) is 0 Å². The van der Waals surface area contributed by atoms with Crippen LogP contribution in [0.4, 0.5) is 4.39 Å². The molecule has 170 valence electrons. The van der Waals surface area contributed by atoms with Crippen LogP contribution in [0.15, 0.2) is 29.3 Å². The number of hydrogen-bond donors (Lipinski definition) is 3. The number of guanidine groups is 1. The molecule has 1 aliphatic heterocycles. The predicted molar refractivity (Wildman–Crippen MR) is 119 cm³/mol. The normalized spacial score (nSPS) is 19.5. The first-order valence-corrected chi connectivity index (χ1v) is 11.4. The van der Waals surface area contributed by atoms with E-state index in [0.29, 0.717) is 31.5 Å². The number of benzene rings is 1. The lowest BCUT2D eigenvalue weighted by Crippen LogP contribution is -2.45. The minimum absolute atomic E-state index is 0.114. The van der Waals surface area contributed by atoms with Gasteiger partial charge in [-0.3, -0.25) is 14.6 Å². The Morgan fingerprint density at radius 2 is 1.87 bits per heavy atom. The highest BCUT2D eigenvalue weighted by atomic mass is 19.1. The first-order valence-electron chi connectivity index (χ1n) is 11.4. The first kappa shape index (κ1) is 23.0. The minimum atomic E-state index is -0.310. The molecule has 1 aromatic carbocycles. The molecule has 1 saturated carbocycles. The maximum absolute atomic E-state index is 12.9. The average molecular weight is 432 g/mol. The third kappa shape index (κ3) is 7.22. The van der Waals surface area contributed by atoms with Crippen molar-refractivity contribution >= 4 is 17.8 Å². The molecule has 1 saturated heterocycles. The van der Waals surface area contributed by atoms with Crippen LogP contribution in [0.5, 0.6) is 0 Å². The Bertz CT molecular complexity index is 762. The number of hydrogen-bond acceptors (Lipinski definition) is 3. The molecule has 1 atom stereocenters. The number of halogens is 1. The third-order valence-electron chi connectivity index (χ3n) is 5.87. The van der Waals surface area contributed by atoms with Crippen LogP contribution in [0.25, 0.3) is 0 Å². The van der Waals surface area contributed by atoms with E-state index in [1.807, 2.05) is 11.8 Å². The van der Waals surface area contributed by atoms with Crippen molar-refractivity contribution in [2.75, 3.05) is 32.7 Å². The van der Waals surface area contributed by atoms with Gasteiger partial charge in [0.2, 0.25) is 11.8 Å². The van der Waals surface area contributed by atoms with Gasteiger partial charge in [-0.05, 0) is 43.9 Å². The SMILES string of the molecule is CCNC(=NCCNC(=O)Cc1ccc(F)cc1)NC1CCN(C(=O)C2CCCC2)C1. The van der Waals surface area contributed by atoms with Crippen LogP contribution in [0.2, 0.25) is 0 Å². The fourth-order valence-corrected chi connectivity index (χ4v) is 4.24. The van der Waals surface area contributed by atoms with Crippen molar-refractivity contribution in [3.05, 3.63) is 35.6 Å². The van der Waals surface area contributed by atoms with E-state index in [1.165, 1.54) is 25.0 Å². The van der Waals surface area contributed by atoms with Crippen molar-refractivity contribution < 1.29 is 14.0 Å². The quantitative estimate of drug-likeness (QED) is 0.333. The molecular formula is C23H34FN5O2. The molecule has 1 heterocycles. The van der Waals surface area contributed by atoms with Crippen molar-refractivity contribution in [3.63, 3.8) is 0 Å². The molecule has 8 heteroatoms. The summed E-state index contributed by atoms with van der Waals surface area (Å²) in [5.41, 5.74) is 0.773. The summed E-state index contributed by atoms with van der Waals surface area (Å²) in [6.07, 6.45) is 5.54. The molecule has 0 bridgehead atoms. The van der Waals surface area contributed by atoms with Gasteiger partial charge in [-0.15, -0.1) is 0 Å². The van der Waals surface area contributed by atoms with E-state index in [2.05, 4.69) is 20.9 Å². The summed E-state index contributed by atoms with van der Waals surface area (Å²) < 4.78 is 12.9. The zero-order chi connectivity index (χ0) is 22.1. The van der Waals surface area contributed by atoms with Crippen LogP contribution >= 0.6 is 0 Å². The van der Waals surface area contributed by atoms with Gasteiger partial charge in [-0.1, -0.05) is 25.0 Å². The van der Waals surface area contributed by atoms with Crippen LogP contribution in [0, 0.1) is 11.7 Å². The first-order chi connectivity index (χ1) is 15.0. The van der Waals surface area contributed by atoms with E-state index in [0.717, 1.165) is 37.9 Å². The number of nitrogens with zero attached hydrogens (tertiary/aromatic N) is 2. The molecule has 3 rings (SSSR count). The highest BCUT2D eigenvalue weighted by molar-refractivity contribution is 5.81. The highest BCUT2D eigenvalue weighted by Gasteiger charge is 2.32. The maximum Gasteiger partial charge on any atom is 0.225 e. The maximum atomic E-state index is 12.9. The second-order valence-electron chi connectivity index (χ2n) is 8.31. The van der Waals surface area contributed by atoms with Gasteiger partial charge in [0.05, 0.1) is 13.0 Å². The number of amides is 2. The van der Waals surface area contributed by atoms with Crippen molar-refractivity contribution in [3.8, 4) is 0 Å². The van der Waals surface area contributed by atoms with E-state index in [1.54, 1.807) is 12.1 Å². The topological polar surface area (TPSA) is 85.8 Å². The minimum Gasteiger partial charge on any atom is -0.357 e. The molecule has 3 N–H and O–H groups in total. The van der Waals surface area contributed by atoms with Crippen molar-refractivity contribution in [1.82, 2.24) is 20.9 Å². The Hall–Kier alpha value is -2.64. The number of nitrogens with one attached hydrogen (secondary N) is 3. The summed E-state index contributed by atoms with van der Waals surface area (Å²) in [6, 6.07) is 6.13.